The summed E-state index contributed by atoms with van der Waals surface area (Å²) in [5.41, 5.74) is 2.23. The number of piperidine rings is 2. The van der Waals surface area contributed by atoms with Crippen LogP contribution in [0.15, 0.2) is 51.4 Å². The van der Waals surface area contributed by atoms with E-state index in [1.165, 1.54) is 45.0 Å². The van der Waals surface area contributed by atoms with Crippen LogP contribution in [0.4, 0.5) is 11.4 Å². The second kappa shape index (κ2) is 12.5. The van der Waals surface area contributed by atoms with Crippen LogP contribution >= 0.6 is 0 Å². The molecule has 0 atom stereocenters. The van der Waals surface area contributed by atoms with Gasteiger partial charge in [0.15, 0.2) is 0 Å². The van der Waals surface area contributed by atoms with Crippen LogP contribution in [0.5, 0.6) is 0 Å². The monoisotopic (exact) mass is 620 g/mol. The maximum Gasteiger partial charge on any atom is 0.243 e. The van der Waals surface area contributed by atoms with Gasteiger partial charge in [0.1, 0.15) is 5.69 Å². The minimum Gasteiger partial charge on any atom is -0.378 e. The predicted octanol–water partition coefficient (Wildman–Crippen LogP) is 4.57. The molecule has 0 radical (unpaired) electrons. The van der Waals surface area contributed by atoms with Crippen molar-refractivity contribution in [2.75, 3.05) is 44.9 Å². The minimum atomic E-state index is -3.88. The Hall–Kier alpha value is -2.72. The van der Waals surface area contributed by atoms with E-state index in [2.05, 4.69) is 10.7 Å². The van der Waals surface area contributed by atoms with E-state index >= 15 is 0 Å². The fraction of sp³-hybridized carbons (Fsp3) is 0.500. The van der Waals surface area contributed by atoms with Gasteiger partial charge in [-0.25, -0.2) is 16.8 Å². The summed E-state index contributed by atoms with van der Waals surface area (Å²) < 4.78 is 68.1. The van der Waals surface area contributed by atoms with Gasteiger partial charge in [0, 0.05) is 60.9 Å². The van der Waals surface area contributed by atoms with Gasteiger partial charge in [-0.2, -0.15) is 8.61 Å². The van der Waals surface area contributed by atoms with E-state index in [0.29, 0.717) is 70.5 Å². The average molecular weight is 621 g/mol. The van der Waals surface area contributed by atoms with Gasteiger partial charge in [-0.15, -0.1) is 4.91 Å². The molecule has 5 rings (SSSR count). The van der Waals surface area contributed by atoms with Crippen LogP contribution in [0.2, 0.25) is 0 Å². The first-order valence-electron chi connectivity index (χ1n) is 14.2. The zero-order valence-electron chi connectivity index (χ0n) is 23.7. The van der Waals surface area contributed by atoms with Gasteiger partial charge in [-0.1, -0.05) is 12.1 Å². The highest BCUT2D eigenvalue weighted by Crippen LogP contribution is 2.43. The molecule has 2 heterocycles. The third-order valence-electron chi connectivity index (χ3n) is 8.12. The van der Waals surface area contributed by atoms with Crippen molar-refractivity contribution >= 4 is 53.0 Å². The second-order valence-electron chi connectivity index (χ2n) is 10.5. The number of nitrogens with one attached hydrogen (secondary N) is 1. The number of sulfonamides is 2. The van der Waals surface area contributed by atoms with Crippen molar-refractivity contribution in [1.29, 1.82) is 0 Å². The Labute approximate surface area is 245 Å². The Morgan fingerprint density at radius 2 is 1.21 bits per heavy atom. The first-order chi connectivity index (χ1) is 20.1. The van der Waals surface area contributed by atoms with E-state index in [9.17, 15) is 26.9 Å². The molecule has 2 N–H and O–H groups in total. The van der Waals surface area contributed by atoms with E-state index < -0.39 is 20.0 Å². The molecule has 3 aromatic rings. The lowest BCUT2D eigenvalue weighted by Gasteiger charge is -2.31. The van der Waals surface area contributed by atoms with E-state index in [1.54, 1.807) is 0 Å². The molecular weight excluding hydrogens is 584 g/mol. The summed E-state index contributed by atoms with van der Waals surface area (Å²) in [6.45, 7) is 6.20. The Kier molecular flexibility index (Phi) is 9.13. The van der Waals surface area contributed by atoms with Crippen molar-refractivity contribution < 1.29 is 31.5 Å². The number of hydrogen-bond acceptors (Lipinski definition) is 10. The van der Waals surface area contributed by atoms with Gasteiger partial charge in [0.05, 0.1) is 27.7 Å². The molecule has 2 fully saturated rings. The fourth-order valence-electron chi connectivity index (χ4n) is 5.95. The number of anilines is 1. The molecule has 0 unspecified atom stereocenters. The highest BCUT2D eigenvalue weighted by molar-refractivity contribution is 7.89. The van der Waals surface area contributed by atoms with Crippen LogP contribution in [0, 0.1) is 4.91 Å². The average Bonchev–Trinajstić information content (AvgIpc) is 3.00. The number of fused-ring (bicyclic) bond motifs is 2. The number of nitrogens with zero attached hydrogens (tertiary/aromatic N) is 3. The number of nitroso groups, excluding NO2 is 1. The van der Waals surface area contributed by atoms with Gasteiger partial charge in [0.25, 0.3) is 0 Å². The lowest BCUT2D eigenvalue weighted by atomic mass is 9.99. The first kappa shape index (κ1) is 30.7. The zero-order chi connectivity index (χ0) is 30.1. The molecule has 2 aliphatic rings. The van der Waals surface area contributed by atoms with E-state index in [4.69, 9.17) is 9.47 Å². The van der Waals surface area contributed by atoms with Crippen LogP contribution in [-0.4, -0.2) is 82.3 Å². The van der Waals surface area contributed by atoms with Gasteiger partial charge in [-0.3, -0.25) is 10.7 Å². The van der Waals surface area contributed by atoms with Crippen molar-refractivity contribution in [3.05, 3.63) is 41.3 Å². The molecule has 42 heavy (non-hydrogen) atoms. The van der Waals surface area contributed by atoms with Gasteiger partial charge >= 0.3 is 0 Å². The third kappa shape index (κ3) is 5.64. The topological polar surface area (TPSA) is 155 Å². The SMILES string of the molecule is CCOC1CCN(S(=O)(=O)c2ccc3c(NO)c4cc(S(=O)(=O)N5CCC(OCC)CC5)ccc4c(N=O)c3c2)CC1. The van der Waals surface area contributed by atoms with Crippen LogP contribution in [0.3, 0.4) is 0 Å². The van der Waals surface area contributed by atoms with Crippen molar-refractivity contribution in [3.63, 3.8) is 0 Å². The van der Waals surface area contributed by atoms with Crippen LogP contribution in [-0.2, 0) is 29.5 Å². The Morgan fingerprint density at radius 1 is 0.762 bits per heavy atom. The van der Waals surface area contributed by atoms with Gasteiger partial charge in [0.2, 0.25) is 20.0 Å². The lowest BCUT2D eigenvalue weighted by Crippen LogP contribution is -2.40. The quantitative estimate of drug-likeness (QED) is 0.188. The molecule has 0 saturated carbocycles. The molecule has 0 amide bonds. The summed E-state index contributed by atoms with van der Waals surface area (Å²) in [7, 11) is -7.75. The van der Waals surface area contributed by atoms with E-state index in [1.807, 2.05) is 13.8 Å². The zero-order valence-corrected chi connectivity index (χ0v) is 25.3. The Morgan fingerprint density at radius 3 is 1.64 bits per heavy atom. The van der Waals surface area contributed by atoms with Crippen LogP contribution in [0.1, 0.15) is 39.5 Å². The first-order valence-corrected chi connectivity index (χ1v) is 17.0. The lowest BCUT2D eigenvalue weighted by molar-refractivity contribution is 0.0288. The third-order valence-corrected chi connectivity index (χ3v) is 11.9. The van der Waals surface area contributed by atoms with Crippen molar-refractivity contribution in [3.8, 4) is 0 Å². The van der Waals surface area contributed by atoms with Crippen molar-refractivity contribution in [1.82, 2.24) is 8.61 Å². The number of hydrogen-bond donors (Lipinski definition) is 2. The summed E-state index contributed by atoms with van der Waals surface area (Å²) in [6.07, 6.45) is 2.38. The molecule has 2 aliphatic heterocycles. The summed E-state index contributed by atoms with van der Waals surface area (Å²) in [4.78, 5) is 12.2. The smallest absolute Gasteiger partial charge is 0.243 e. The Balaban J connectivity index is 1.54. The number of benzene rings is 3. The van der Waals surface area contributed by atoms with Crippen LogP contribution in [0.25, 0.3) is 21.5 Å². The van der Waals surface area contributed by atoms with Crippen molar-refractivity contribution in [2.45, 2.75) is 61.5 Å². The largest absolute Gasteiger partial charge is 0.378 e. The summed E-state index contributed by atoms with van der Waals surface area (Å²) >= 11 is 0. The molecule has 0 spiro atoms. The molecule has 14 heteroatoms. The molecule has 2 saturated heterocycles. The molecule has 0 bridgehead atoms. The molecular formula is C28H36N4O8S2. The predicted molar refractivity (Wildman–Crippen MR) is 159 cm³/mol. The highest BCUT2D eigenvalue weighted by Gasteiger charge is 2.32. The minimum absolute atomic E-state index is 0.00668. The van der Waals surface area contributed by atoms with E-state index in [0.717, 1.165) is 0 Å². The molecule has 228 valence electrons. The summed E-state index contributed by atoms with van der Waals surface area (Å²) in [5, 5.41) is 14.4. The fourth-order valence-corrected chi connectivity index (χ4v) is 8.94. The standard InChI is InChI=1S/C28H36N4O8S2/c1-3-39-19-9-13-31(14-10-19)41(35,36)21-5-7-23-25(17-21)27(29-33)24-8-6-22(18-26(24)28(23)30-34)42(37,38)32-15-11-20(12-16-32)40-4-2/h5-8,17-20,29,33H,3-4,9-16H2,1-2H3. The molecule has 0 aliphatic carbocycles. The normalized spacial score (nSPS) is 18.5. The highest BCUT2D eigenvalue weighted by atomic mass is 32.2. The summed E-state index contributed by atoms with van der Waals surface area (Å²) in [5.74, 6) is 0. The number of ether oxygens (including phenoxy) is 2. The maximum absolute atomic E-state index is 13.5. The summed E-state index contributed by atoms with van der Waals surface area (Å²) in [6, 6.07) is 8.55. The second-order valence-corrected chi connectivity index (χ2v) is 14.3. The van der Waals surface area contributed by atoms with Crippen molar-refractivity contribution in [2.24, 2.45) is 5.18 Å². The van der Waals surface area contributed by atoms with Gasteiger partial charge < -0.3 is 9.47 Å². The molecule has 3 aromatic carbocycles. The molecule has 0 aromatic heterocycles. The van der Waals surface area contributed by atoms with Gasteiger partial charge in [-0.05, 0) is 69.0 Å². The number of rotatable bonds is 10. The Bertz CT molecular complexity index is 1680. The van der Waals surface area contributed by atoms with E-state index in [-0.39, 0.29) is 49.5 Å². The maximum atomic E-state index is 13.5. The van der Waals surface area contributed by atoms with Crippen LogP contribution < -0.4 is 5.48 Å². The molecule has 12 nitrogen and oxygen atoms in total.